The van der Waals surface area contributed by atoms with E-state index in [1.807, 2.05) is 32.9 Å². The smallest absolute Gasteiger partial charge is 0.410 e. The molecule has 2 heterocycles. The summed E-state index contributed by atoms with van der Waals surface area (Å²) >= 11 is 0. The lowest BCUT2D eigenvalue weighted by atomic mass is 10.0. The fourth-order valence-electron chi connectivity index (χ4n) is 3.23. The third-order valence-corrected chi connectivity index (χ3v) is 4.54. The molecule has 0 spiro atoms. The number of methoxy groups -OCH3 is 2. The number of fused-ring (bicyclic) bond motifs is 1. The van der Waals surface area contributed by atoms with Gasteiger partial charge in [0.2, 0.25) is 0 Å². The van der Waals surface area contributed by atoms with Gasteiger partial charge in [-0.3, -0.25) is 0 Å². The van der Waals surface area contributed by atoms with Crippen LogP contribution in [0.1, 0.15) is 39.3 Å². The summed E-state index contributed by atoms with van der Waals surface area (Å²) in [6.07, 6.45) is 4.86. The van der Waals surface area contributed by atoms with Crippen molar-refractivity contribution < 1.29 is 19.0 Å². The molecule has 0 N–H and O–H groups in total. The number of amides is 1. The van der Waals surface area contributed by atoms with Crippen LogP contribution in [-0.4, -0.2) is 53.9 Å². The fourth-order valence-corrected chi connectivity index (χ4v) is 3.23. The van der Waals surface area contributed by atoms with Gasteiger partial charge in [-0.25, -0.2) is 14.8 Å². The Morgan fingerprint density at radius 3 is 2.46 bits per heavy atom. The first kappa shape index (κ1) is 19.9. The lowest BCUT2D eigenvalue weighted by Gasteiger charge is -2.26. The molecule has 0 bridgehead atoms. The standard InChI is InChI=1S/C21H27N3O4/c1-21(2,3)28-20(25)24-9-6-7-14(8-10-24)19-15-11-17(26-4)18(27-5)12-16(15)22-13-23-19/h7,11-13H,6,8-10H2,1-5H3. The molecule has 1 aliphatic rings. The highest BCUT2D eigenvalue weighted by atomic mass is 16.6. The summed E-state index contributed by atoms with van der Waals surface area (Å²) in [5.74, 6) is 1.27. The molecule has 150 valence electrons. The van der Waals surface area contributed by atoms with Gasteiger partial charge in [-0.2, -0.15) is 0 Å². The Morgan fingerprint density at radius 1 is 1.07 bits per heavy atom. The lowest BCUT2D eigenvalue weighted by Crippen LogP contribution is -2.37. The number of carbonyl (C=O) groups is 1. The van der Waals surface area contributed by atoms with Gasteiger partial charge in [-0.1, -0.05) is 6.08 Å². The number of ether oxygens (including phenoxy) is 3. The van der Waals surface area contributed by atoms with Crippen molar-refractivity contribution in [2.75, 3.05) is 27.3 Å². The predicted octanol–water partition coefficient (Wildman–Crippen LogP) is 4.06. The van der Waals surface area contributed by atoms with E-state index >= 15 is 0 Å². The molecule has 0 radical (unpaired) electrons. The van der Waals surface area contributed by atoms with E-state index in [1.54, 1.807) is 25.4 Å². The lowest BCUT2D eigenvalue weighted by molar-refractivity contribution is 0.0260. The van der Waals surface area contributed by atoms with Gasteiger partial charge in [0.1, 0.15) is 11.9 Å². The highest BCUT2D eigenvalue weighted by Crippen LogP contribution is 2.35. The van der Waals surface area contributed by atoms with Crippen molar-refractivity contribution in [1.82, 2.24) is 14.9 Å². The molecule has 0 aliphatic carbocycles. The molecule has 2 aromatic rings. The molecule has 1 aliphatic heterocycles. The Balaban J connectivity index is 1.87. The summed E-state index contributed by atoms with van der Waals surface area (Å²) < 4.78 is 16.3. The number of aromatic nitrogens is 2. The number of benzene rings is 1. The maximum atomic E-state index is 12.4. The van der Waals surface area contributed by atoms with Crippen molar-refractivity contribution in [3.8, 4) is 11.5 Å². The average Bonchev–Trinajstić information content (AvgIpc) is 2.91. The van der Waals surface area contributed by atoms with Gasteiger partial charge in [0.25, 0.3) is 0 Å². The maximum Gasteiger partial charge on any atom is 0.410 e. The van der Waals surface area contributed by atoms with Crippen LogP contribution in [0.3, 0.4) is 0 Å². The van der Waals surface area contributed by atoms with Gasteiger partial charge < -0.3 is 19.1 Å². The number of nitrogens with zero attached hydrogens (tertiary/aromatic N) is 3. The zero-order valence-electron chi connectivity index (χ0n) is 17.1. The zero-order valence-corrected chi connectivity index (χ0v) is 17.1. The molecular formula is C21H27N3O4. The van der Waals surface area contributed by atoms with Crippen LogP contribution in [0.2, 0.25) is 0 Å². The summed E-state index contributed by atoms with van der Waals surface area (Å²) in [6, 6.07) is 3.75. The van der Waals surface area contributed by atoms with Crippen molar-refractivity contribution in [2.45, 2.75) is 39.2 Å². The van der Waals surface area contributed by atoms with E-state index in [0.717, 1.165) is 28.6 Å². The van der Waals surface area contributed by atoms with E-state index in [4.69, 9.17) is 14.2 Å². The summed E-state index contributed by atoms with van der Waals surface area (Å²) in [4.78, 5) is 23.0. The number of carbonyl (C=O) groups excluding carboxylic acids is 1. The minimum atomic E-state index is -0.502. The molecule has 0 unspecified atom stereocenters. The Hall–Kier alpha value is -2.83. The van der Waals surface area contributed by atoms with Crippen molar-refractivity contribution in [1.29, 1.82) is 0 Å². The van der Waals surface area contributed by atoms with Crippen LogP contribution in [0, 0.1) is 0 Å². The van der Waals surface area contributed by atoms with Crippen LogP contribution in [-0.2, 0) is 4.74 Å². The van der Waals surface area contributed by atoms with Crippen LogP contribution in [0.5, 0.6) is 11.5 Å². The van der Waals surface area contributed by atoms with Crippen LogP contribution < -0.4 is 9.47 Å². The van der Waals surface area contributed by atoms with E-state index in [9.17, 15) is 4.79 Å². The van der Waals surface area contributed by atoms with E-state index in [2.05, 4.69) is 16.0 Å². The summed E-state index contributed by atoms with van der Waals surface area (Å²) in [5.41, 5.74) is 2.23. The first-order valence-corrected chi connectivity index (χ1v) is 9.36. The highest BCUT2D eigenvalue weighted by Gasteiger charge is 2.24. The van der Waals surface area contributed by atoms with Crippen LogP contribution >= 0.6 is 0 Å². The van der Waals surface area contributed by atoms with Crippen LogP contribution in [0.4, 0.5) is 4.79 Å². The number of hydrogen-bond donors (Lipinski definition) is 0. The molecule has 0 fully saturated rings. The monoisotopic (exact) mass is 385 g/mol. The van der Waals surface area contributed by atoms with E-state index in [-0.39, 0.29) is 6.09 Å². The minimum absolute atomic E-state index is 0.277. The first-order valence-electron chi connectivity index (χ1n) is 9.36. The number of hydrogen-bond acceptors (Lipinski definition) is 6. The second-order valence-corrected chi connectivity index (χ2v) is 7.68. The summed E-state index contributed by atoms with van der Waals surface area (Å²) in [7, 11) is 3.21. The van der Waals surface area contributed by atoms with Crippen molar-refractivity contribution in [2.24, 2.45) is 0 Å². The van der Waals surface area contributed by atoms with Crippen LogP contribution in [0.15, 0.2) is 24.5 Å². The molecule has 7 nitrogen and oxygen atoms in total. The van der Waals surface area contributed by atoms with Gasteiger partial charge in [-0.15, -0.1) is 0 Å². The van der Waals surface area contributed by atoms with Gasteiger partial charge in [-0.05, 0) is 45.3 Å². The minimum Gasteiger partial charge on any atom is -0.493 e. The fraction of sp³-hybridized carbons (Fsp3) is 0.476. The van der Waals surface area contributed by atoms with Gasteiger partial charge in [0.05, 0.1) is 25.4 Å². The molecule has 1 amide bonds. The SMILES string of the molecule is COc1cc2ncnc(C3=CCCN(C(=O)OC(C)(C)C)CC3)c2cc1OC. The van der Waals surface area contributed by atoms with E-state index in [0.29, 0.717) is 31.0 Å². The second-order valence-electron chi connectivity index (χ2n) is 7.68. The Bertz CT molecular complexity index is 902. The average molecular weight is 385 g/mol. The molecule has 1 aromatic heterocycles. The molecule has 3 rings (SSSR count). The van der Waals surface area contributed by atoms with Gasteiger partial charge >= 0.3 is 6.09 Å². The predicted molar refractivity (Wildman–Crippen MR) is 108 cm³/mol. The Labute approximate surface area is 165 Å². The van der Waals surface area contributed by atoms with Crippen molar-refractivity contribution in [3.63, 3.8) is 0 Å². The second kappa shape index (κ2) is 8.04. The topological polar surface area (TPSA) is 73.8 Å². The van der Waals surface area contributed by atoms with Crippen molar-refractivity contribution >= 4 is 22.6 Å². The van der Waals surface area contributed by atoms with Gasteiger partial charge in [0, 0.05) is 24.5 Å². The number of rotatable bonds is 3. The quantitative estimate of drug-likeness (QED) is 0.793. The van der Waals surface area contributed by atoms with Crippen LogP contribution in [0.25, 0.3) is 16.5 Å². The van der Waals surface area contributed by atoms with E-state index in [1.165, 1.54) is 0 Å². The molecule has 0 atom stereocenters. The normalized spacial score (nSPS) is 15.0. The van der Waals surface area contributed by atoms with Crippen molar-refractivity contribution in [3.05, 3.63) is 30.2 Å². The largest absolute Gasteiger partial charge is 0.493 e. The summed E-state index contributed by atoms with van der Waals surface area (Å²) in [6.45, 7) is 6.83. The molecular weight excluding hydrogens is 358 g/mol. The van der Waals surface area contributed by atoms with Gasteiger partial charge in [0.15, 0.2) is 11.5 Å². The molecule has 28 heavy (non-hydrogen) atoms. The molecule has 1 aromatic carbocycles. The summed E-state index contributed by atoms with van der Waals surface area (Å²) in [5, 5.41) is 0.900. The first-order chi connectivity index (χ1) is 13.3. The molecule has 0 saturated carbocycles. The molecule has 7 heteroatoms. The Kier molecular flexibility index (Phi) is 5.72. The third-order valence-electron chi connectivity index (χ3n) is 4.54. The highest BCUT2D eigenvalue weighted by molar-refractivity contribution is 5.92. The maximum absolute atomic E-state index is 12.4. The third kappa shape index (κ3) is 4.35. The zero-order chi connectivity index (χ0) is 20.3. The van der Waals surface area contributed by atoms with E-state index < -0.39 is 5.60 Å². The molecule has 0 saturated heterocycles. The Morgan fingerprint density at radius 2 is 1.79 bits per heavy atom.